The Labute approximate surface area is 124 Å². The van der Waals surface area contributed by atoms with Gasteiger partial charge < -0.3 is 5.73 Å². The maximum atomic E-state index is 12.3. The molecule has 120 valence electrons. The minimum atomic E-state index is -3.05. The fourth-order valence-electron chi connectivity index (χ4n) is 2.85. The Morgan fingerprint density at radius 3 is 2.50 bits per heavy atom. The van der Waals surface area contributed by atoms with E-state index < -0.39 is 10.0 Å². The quantitative estimate of drug-likeness (QED) is 0.733. The highest BCUT2D eigenvalue weighted by molar-refractivity contribution is 7.89. The number of unbranched alkanes of at least 4 members (excludes halogenated alkanes) is 1. The van der Waals surface area contributed by atoms with Crippen LogP contribution in [0.15, 0.2) is 0 Å². The first kappa shape index (κ1) is 17.9. The molecule has 1 saturated heterocycles. The van der Waals surface area contributed by atoms with Crippen LogP contribution in [-0.4, -0.2) is 62.1 Å². The van der Waals surface area contributed by atoms with E-state index in [0.29, 0.717) is 31.4 Å². The molecule has 1 atom stereocenters. The van der Waals surface area contributed by atoms with E-state index in [0.717, 1.165) is 45.2 Å². The molecule has 0 amide bonds. The van der Waals surface area contributed by atoms with Gasteiger partial charge >= 0.3 is 0 Å². The second-order valence-corrected chi connectivity index (χ2v) is 7.69. The molecule has 0 aromatic carbocycles. The molecule has 1 rings (SSSR count). The summed E-state index contributed by atoms with van der Waals surface area (Å²) < 4.78 is 26.2. The lowest BCUT2D eigenvalue weighted by Crippen LogP contribution is -2.40. The monoisotopic (exact) mass is 305 g/mol. The minimum absolute atomic E-state index is 0.295. The molecule has 1 aliphatic rings. The third-order valence-electron chi connectivity index (χ3n) is 4.13. The normalized spacial score (nSPS) is 20.8. The fraction of sp³-hybridized carbons (Fsp3) is 1.00. The molecule has 5 nitrogen and oxygen atoms in total. The van der Waals surface area contributed by atoms with E-state index in [1.165, 1.54) is 0 Å². The Hall–Kier alpha value is -0.170. The Balaban J connectivity index is 2.58. The Morgan fingerprint density at radius 2 is 1.90 bits per heavy atom. The maximum absolute atomic E-state index is 12.3. The number of rotatable bonds is 8. The first-order chi connectivity index (χ1) is 9.55. The van der Waals surface area contributed by atoms with Gasteiger partial charge in [0.05, 0.1) is 5.75 Å². The van der Waals surface area contributed by atoms with E-state index in [2.05, 4.69) is 11.8 Å². The molecule has 0 spiro atoms. The highest BCUT2D eigenvalue weighted by Crippen LogP contribution is 2.15. The Morgan fingerprint density at radius 1 is 1.15 bits per heavy atom. The molecular weight excluding hydrogens is 274 g/mol. The molecule has 1 heterocycles. The van der Waals surface area contributed by atoms with Gasteiger partial charge in [0.15, 0.2) is 0 Å². The lowest BCUT2D eigenvalue weighted by atomic mass is 10.1. The molecular formula is C14H31N3O2S. The molecule has 0 saturated carbocycles. The second-order valence-electron chi connectivity index (χ2n) is 5.60. The van der Waals surface area contributed by atoms with Crippen LogP contribution in [0, 0.1) is 0 Å². The predicted octanol–water partition coefficient (Wildman–Crippen LogP) is 1.25. The average molecular weight is 305 g/mol. The van der Waals surface area contributed by atoms with Gasteiger partial charge in [0.2, 0.25) is 10.0 Å². The van der Waals surface area contributed by atoms with Gasteiger partial charge in [0.1, 0.15) is 0 Å². The molecule has 0 radical (unpaired) electrons. The van der Waals surface area contributed by atoms with Crippen LogP contribution in [0.5, 0.6) is 0 Å². The van der Waals surface area contributed by atoms with E-state index in [4.69, 9.17) is 5.73 Å². The van der Waals surface area contributed by atoms with Gasteiger partial charge in [-0.2, -0.15) is 0 Å². The highest BCUT2D eigenvalue weighted by atomic mass is 32.2. The van der Waals surface area contributed by atoms with Crippen molar-refractivity contribution in [2.45, 2.75) is 52.0 Å². The molecule has 20 heavy (non-hydrogen) atoms. The van der Waals surface area contributed by atoms with Crippen molar-refractivity contribution >= 4 is 10.0 Å². The summed E-state index contributed by atoms with van der Waals surface area (Å²) in [7, 11) is -3.05. The van der Waals surface area contributed by atoms with E-state index in [1.54, 1.807) is 4.31 Å². The third-order valence-corrected chi connectivity index (χ3v) is 6.08. The number of hydrogen-bond acceptors (Lipinski definition) is 4. The van der Waals surface area contributed by atoms with E-state index in [-0.39, 0.29) is 0 Å². The Kier molecular flexibility index (Phi) is 8.02. The topological polar surface area (TPSA) is 66.6 Å². The third kappa shape index (κ3) is 5.31. The molecule has 0 aliphatic carbocycles. The maximum Gasteiger partial charge on any atom is 0.214 e. The predicted molar refractivity (Wildman–Crippen MR) is 84.2 cm³/mol. The van der Waals surface area contributed by atoms with Crippen molar-refractivity contribution in [1.29, 1.82) is 0 Å². The summed E-state index contributed by atoms with van der Waals surface area (Å²) in [6.07, 6.45) is 4.69. The van der Waals surface area contributed by atoms with Crippen LogP contribution in [0.4, 0.5) is 0 Å². The summed E-state index contributed by atoms with van der Waals surface area (Å²) in [5.41, 5.74) is 5.67. The van der Waals surface area contributed by atoms with E-state index >= 15 is 0 Å². The van der Waals surface area contributed by atoms with Crippen molar-refractivity contribution in [2.24, 2.45) is 5.73 Å². The molecule has 1 aliphatic heterocycles. The van der Waals surface area contributed by atoms with E-state index in [1.807, 2.05) is 6.92 Å². The largest absolute Gasteiger partial charge is 0.330 e. The van der Waals surface area contributed by atoms with Gasteiger partial charge in [0.25, 0.3) is 0 Å². The van der Waals surface area contributed by atoms with Crippen molar-refractivity contribution in [3.63, 3.8) is 0 Å². The van der Waals surface area contributed by atoms with Crippen LogP contribution in [0.25, 0.3) is 0 Å². The zero-order valence-electron chi connectivity index (χ0n) is 13.1. The molecule has 6 heteroatoms. The number of hydrogen-bond donors (Lipinski definition) is 1. The molecule has 0 aromatic rings. The lowest BCUT2D eigenvalue weighted by Gasteiger charge is -2.29. The minimum Gasteiger partial charge on any atom is -0.330 e. The molecule has 0 aromatic heterocycles. The van der Waals surface area contributed by atoms with Crippen LogP contribution in [0.1, 0.15) is 46.0 Å². The standard InChI is InChI=1S/C14H31N3O2S/c1-3-5-13-20(18,19)17-10-6-9-16(11-12-17)14(4-2)7-8-15/h14H,3-13,15H2,1-2H3. The van der Waals surface area contributed by atoms with Gasteiger partial charge in [-0.3, -0.25) is 4.90 Å². The number of nitrogens with two attached hydrogens (primary N) is 1. The number of sulfonamides is 1. The molecule has 2 N–H and O–H groups in total. The van der Waals surface area contributed by atoms with E-state index in [9.17, 15) is 8.42 Å². The van der Waals surface area contributed by atoms with Crippen molar-refractivity contribution in [1.82, 2.24) is 9.21 Å². The van der Waals surface area contributed by atoms with Gasteiger partial charge in [-0.1, -0.05) is 20.3 Å². The smallest absolute Gasteiger partial charge is 0.214 e. The zero-order chi connectivity index (χ0) is 15.0. The summed E-state index contributed by atoms with van der Waals surface area (Å²) in [5, 5.41) is 0. The van der Waals surface area contributed by atoms with Crippen molar-refractivity contribution in [2.75, 3.05) is 38.5 Å². The van der Waals surface area contributed by atoms with Crippen LogP contribution in [-0.2, 0) is 10.0 Å². The van der Waals surface area contributed by atoms with Gasteiger partial charge in [-0.15, -0.1) is 0 Å². The summed E-state index contributed by atoms with van der Waals surface area (Å²) in [5.74, 6) is 0.295. The first-order valence-electron chi connectivity index (χ1n) is 7.97. The summed E-state index contributed by atoms with van der Waals surface area (Å²) in [4.78, 5) is 2.42. The highest BCUT2D eigenvalue weighted by Gasteiger charge is 2.26. The first-order valence-corrected chi connectivity index (χ1v) is 9.58. The van der Waals surface area contributed by atoms with Gasteiger partial charge in [-0.25, -0.2) is 12.7 Å². The van der Waals surface area contributed by atoms with Crippen molar-refractivity contribution in [3.8, 4) is 0 Å². The van der Waals surface area contributed by atoms with Crippen LogP contribution in [0.2, 0.25) is 0 Å². The molecule has 1 unspecified atom stereocenters. The average Bonchev–Trinajstić information content (AvgIpc) is 2.69. The van der Waals surface area contributed by atoms with Crippen LogP contribution in [0.3, 0.4) is 0 Å². The molecule has 0 bridgehead atoms. The fourth-order valence-corrected chi connectivity index (χ4v) is 4.53. The SMILES string of the molecule is CCCCS(=O)(=O)N1CCCN(C(CC)CCN)CC1. The second kappa shape index (κ2) is 8.97. The lowest BCUT2D eigenvalue weighted by molar-refractivity contribution is 0.192. The van der Waals surface area contributed by atoms with Gasteiger partial charge in [0, 0.05) is 25.7 Å². The Bertz CT molecular complexity index is 359. The summed E-state index contributed by atoms with van der Waals surface area (Å²) in [6.45, 7) is 8.03. The summed E-state index contributed by atoms with van der Waals surface area (Å²) >= 11 is 0. The van der Waals surface area contributed by atoms with Crippen LogP contribution < -0.4 is 5.73 Å². The number of nitrogens with zero attached hydrogens (tertiary/aromatic N) is 2. The van der Waals surface area contributed by atoms with Crippen LogP contribution >= 0.6 is 0 Å². The summed E-state index contributed by atoms with van der Waals surface area (Å²) in [6, 6.07) is 0.498. The van der Waals surface area contributed by atoms with Gasteiger partial charge in [-0.05, 0) is 38.8 Å². The molecule has 1 fully saturated rings. The zero-order valence-corrected chi connectivity index (χ0v) is 13.9. The van der Waals surface area contributed by atoms with Crippen molar-refractivity contribution in [3.05, 3.63) is 0 Å². The van der Waals surface area contributed by atoms with Crippen molar-refractivity contribution < 1.29 is 8.42 Å².